The Hall–Kier alpha value is -7.32. The number of carbonyl (C=O) groups excluding carboxylic acids is 6. The summed E-state index contributed by atoms with van der Waals surface area (Å²) in [5, 5.41) is 7.90. The van der Waals surface area contributed by atoms with Crippen LogP contribution in [0.5, 0.6) is 11.5 Å². The van der Waals surface area contributed by atoms with E-state index in [0.29, 0.717) is 61.2 Å². The molecule has 2 aliphatic heterocycles. The molecule has 3 heterocycles. The minimum atomic E-state index is -0.750. The van der Waals surface area contributed by atoms with Gasteiger partial charge >= 0.3 is 12.2 Å². The highest BCUT2D eigenvalue weighted by molar-refractivity contribution is 6.07. The van der Waals surface area contributed by atoms with E-state index in [1.807, 2.05) is 0 Å². The third-order valence-corrected chi connectivity index (χ3v) is 10.5. The van der Waals surface area contributed by atoms with E-state index in [9.17, 15) is 46.3 Å². The molecule has 2 atom stereocenters. The molecular formula is C49H53ClF4N6O10. The van der Waals surface area contributed by atoms with E-state index in [2.05, 4.69) is 20.9 Å². The van der Waals surface area contributed by atoms with Gasteiger partial charge in [-0.05, 0) is 112 Å². The number of carbonyl (C=O) groups is 6. The largest absolute Gasteiger partial charge is 0.492 e. The highest BCUT2D eigenvalue weighted by atomic mass is 35.5. The van der Waals surface area contributed by atoms with Crippen LogP contribution in [0.25, 0.3) is 0 Å². The first-order valence-electron chi connectivity index (χ1n) is 21.8. The van der Waals surface area contributed by atoms with Crippen molar-refractivity contribution in [1.29, 1.82) is 0 Å². The van der Waals surface area contributed by atoms with Crippen LogP contribution in [0.3, 0.4) is 0 Å². The highest BCUT2D eigenvalue weighted by Gasteiger charge is 2.31. The number of aromatic nitrogens is 2. The summed E-state index contributed by atoms with van der Waals surface area (Å²) in [6, 6.07) is 12.1. The van der Waals surface area contributed by atoms with Gasteiger partial charge in [0.05, 0.1) is 49.2 Å². The molecule has 5 N–H and O–H groups in total. The van der Waals surface area contributed by atoms with E-state index in [1.54, 1.807) is 13.8 Å². The molecule has 0 saturated heterocycles. The lowest BCUT2D eigenvalue weighted by Gasteiger charge is -2.28. The first-order valence-corrected chi connectivity index (χ1v) is 21.8. The molecule has 2 aliphatic rings. The second-order valence-corrected chi connectivity index (χ2v) is 15.9. The Labute approximate surface area is 407 Å². The minimum absolute atomic E-state index is 0. The molecule has 0 bridgehead atoms. The fraction of sp³-hybridized carbons (Fsp3) is 0.327. The SMILES string of the molecule is CC(=O)CCCOC(=O)N[C@H]1CCOc2c(C(=O)Nc3ccc(F)c(C)c3)ccc(F)c21.CC(=O)CCCOC(=O)n1ccnc1.Cc1cc(NC(=O)c2ccc(F)c3c2OCC[C@@H]3N)ccc1F.Cl. The van der Waals surface area contributed by atoms with Crippen LogP contribution in [0.2, 0.25) is 0 Å². The maximum atomic E-state index is 14.7. The number of imidazole rings is 1. The summed E-state index contributed by atoms with van der Waals surface area (Å²) in [6.07, 6.45) is 5.64. The summed E-state index contributed by atoms with van der Waals surface area (Å²) >= 11 is 0. The van der Waals surface area contributed by atoms with Crippen molar-refractivity contribution >= 4 is 59.3 Å². The molecule has 7 rings (SSSR count). The number of fused-ring (bicyclic) bond motifs is 2. The quantitative estimate of drug-likeness (QED) is 0.0641. The van der Waals surface area contributed by atoms with E-state index in [0.717, 1.165) is 6.07 Å². The van der Waals surface area contributed by atoms with Crippen LogP contribution in [-0.2, 0) is 19.1 Å². The molecule has 0 fully saturated rings. The van der Waals surface area contributed by atoms with Gasteiger partial charge in [0.2, 0.25) is 0 Å². The Morgan fingerprint density at radius 2 is 1.19 bits per heavy atom. The number of alkyl carbamates (subject to hydrolysis) is 1. The number of nitrogens with one attached hydrogen (secondary N) is 3. The molecule has 70 heavy (non-hydrogen) atoms. The Balaban J connectivity index is 0.000000245. The number of aryl methyl sites for hydroxylation is 2. The fourth-order valence-electron chi connectivity index (χ4n) is 6.92. The van der Waals surface area contributed by atoms with Crippen molar-refractivity contribution in [2.24, 2.45) is 5.73 Å². The molecule has 0 radical (unpaired) electrons. The van der Waals surface area contributed by atoms with Crippen LogP contribution >= 0.6 is 12.4 Å². The molecule has 3 amide bonds. The lowest BCUT2D eigenvalue weighted by Crippen LogP contribution is -2.34. The van der Waals surface area contributed by atoms with Gasteiger partial charge in [0.25, 0.3) is 11.8 Å². The first kappa shape index (κ1) is 55.3. The van der Waals surface area contributed by atoms with Crippen LogP contribution < -0.4 is 31.2 Å². The fourth-order valence-corrected chi connectivity index (χ4v) is 6.92. The number of halogens is 5. The van der Waals surface area contributed by atoms with Gasteiger partial charge in [-0.15, -0.1) is 12.4 Å². The molecule has 374 valence electrons. The molecule has 0 aliphatic carbocycles. The number of nitrogens with two attached hydrogens (primary N) is 1. The molecule has 4 aromatic carbocycles. The number of rotatable bonds is 13. The van der Waals surface area contributed by atoms with E-state index >= 15 is 0 Å². The summed E-state index contributed by atoms with van der Waals surface area (Å²) < 4.78 is 77.6. The summed E-state index contributed by atoms with van der Waals surface area (Å²) in [6.45, 7) is 6.94. The summed E-state index contributed by atoms with van der Waals surface area (Å²) in [4.78, 5) is 73.8. The van der Waals surface area contributed by atoms with Crippen LogP contribution in [-0.4, -0.2) is 71.5 Å². The third kappa shape index (κ3) is 15.6. The molecule has 1 aromatic heterocycles. The normalized spacial score (nSPS) is 14.1. The van der Waals surface area contributed by atoms with Gasteiger partial charge in [0, 0.05) is 61.1 Å². The van der Waals surface area contributed by atoms with Crippen molar-refractivity contribution in [3.63, 3.8) is 0 Å². The van der Waals surface area contributed by atoms with Crippen molar-refractivity contribution < 1.29 is 65.3 Å². The van der Waals surface area contributed by atoms with E-state index < -0.39 is 53.5 Å². The number of Topliss-reactive ketones (excluding diaryl/α,β-unsaturated/α-hetero) is 2. The van der Waals surface area contributed by atoms with Gasteiger partial charge in [-0.3, -0.25) is 9.59 Å². The van der Waals surface area contributed by atoms with Gasteiger partial charge in [0.15, 0.2) is 0 Å². The average molecular weight is 997 g/mol. The topological polar surface area (TPSA) is 219 Å². The van der Waals surface area contributed by atoms with Gasteiger partial charge in [0.1, 0.15) is 52.7 Å². The van der Waals surface area contributed by atoms with Gasteiger partial charge in [-0.1, -0.05) is 0 Å². The number of benzene rings is 4. The van der Waals surface area contributed by atoms with Crippen molar-refractivity contribution in [2.45, 2.75) is 78.3 Å². The van der Waals surface area contributed by atoms with Crippen molar-refractivity contribution in [1.82, 2.24) is 14.9 Å². The zero-order valence-electron chi connectivity index (χ0n) is 38.7. The summed E-state index contributed by atoms with van der Waals surface area (Å²) in [5.41, 5.74) is 8.10. The van der Waals surface area contributed by atoms with E-state index in [1.165, 1.54) is 91.7 Å². The Bertz CT molecular complexity index is 2670. The summed E-state index contributed by atoms with van der Waals surface area (Å²) in [5.74, 6) is -2.56. The second-order valence-electron chi connectivity index (χ2n) is 15.9. The summed E-state index contributed by atoms with van der Waals surface area (Å²) in [7, 11) is 0. The average Bonchev–Trinajstić information content (AvgIpc) is 3.85. The minimum Gasteiger partial charge on any atom is -0.492 e. The predicted molar refractivity (Wildman–Crippen MR) is 251 cm³/mol. The van der Waals surface area contributed by atoms with Crippen LogP contribution in [0.15, 0.2) is 79.4 Å². The number of hydrogen-bond donors (Lipinski definition) is 4. The molecule has 0 unspecified atom stereocenters. The van der Waals surface area contributed by atoms with Crippen molar-refractivity contribution in [2.75, 3.05) is 37.1 Å². The number of hydrogen-bond acceptors (Lipinski definition) is 12. The Kier molecular flexibility index (Phi) is 20.9. The number of ether oxygens (including phenoxy) is 4. The maximum absolute atomic E-state index is 14.7. The molecule has 0 saturated carbocycles. The molecule has 0 spiro atoms. The smallest absolute Gasteiger partial charge is 0.419 e. The zero-order chi connectivity index (χ0) is 50.2. The van der Waals surface area contributed by atoms with Gasteiger partial charge in [-0.25, -0.2) is 36.7 Å². The molecular weight excluding hydrogens is 944 g/mol. The highest BCUT2D eigenvalue weighted by Crippen LogP contribution is 2.38. The lowest BCUT2D eigenvalue weighted by atomic mass is 9.96. The molecule has 5 aromatic rings. The number of anilines is 2. The molecule has 16 nitrogen and oxygen atoms in total. The number of nitrogens with zero attached hydrogens (tertiary/aromatic N) is 2. The molecule has 21 heteroatoms. The maximum Gasteiger partial charge on any atom is 0.419 e. The standard InChI is InChI=1S/C23H24F2N2O5.C17H16F2N2O2.C9H12N2O3.ClH/c1-13-12-15(5-7-17(13)24)26-22(29)16-6-8-18(25)20-19(9-11-31-21(16)20)27-23(30)32-10-3-4-14(2)28;1-9-8-10(2-4-12(9)18)21-17(22)11-3-5-13(19)15-14(20)6-7-23-16(11)15;1-8(12)3-2-6-14-9(13)11-5-4-10-7-11;/h5-8,12,19H,3-4,9-11H2,1-2H3,(H,26,29)(H,27,30);2-5,8,14H,6-7,20H2,1H3,(H,21,22);4-5,7H,2-3,6H2,1H3;1H/t19-;14-;;/m00../s1. The van der Waals surface area contributed by atoms with E-state index in [4.69, 9.17) is 24.7 Å². The van der Waals surface area contributed by atoms with Crippen molar-refractivity contribution in [3.8, 4) is 11.5 Å². The predicted octanol–water partition coefficient (Wildman–Crippen LogP) is 9.41. The third-order valence-electron chi connectivity index (χ3n) is 10.5. The van der Waals surface area contributed by atoms with Crippen molar-refractivity contribution in [3.05, 3.63) is 136 Å². The van der Waals surface area contributed by atoms with Gasteiger partial charge < -0.3 is 50.2 Å². The monoisotopic (exact) mass is 996 g/mol. The zero-order valence-corrected chi connectivity index (χ0v) is 39.5. The number of ketones is 2. The van der Waals surface area contributed by atoms with Crippen LogP contribution in [0, 0.1) is 37.1 Å². The van der Waals surface area contributed by atoms with E-state index in [-0.39, 0.29) is 89.8 Å². The van der Waals surface area contributed by atoms with Crippen LogP contribution in [0.1, 0.15) is 107 Å². The number of amides is 3. The lowest BCUT2D eigenvalue weighted by molar-refractivity contribution is -0.118. The Morgan fingerprint density at radius 3 is 1.69 bits per heavy atom. The Morgan fingerprint density at radius 1 is 0.700 bits per heavy atom. The van der Waals surface area contributed by atoms with Gasteiger partial charge in [-0.2, -0.15) is 0 Å². The second kappa shape index (κ2) is 26.4. The first-order chi connectivity index (χ1) is 32.9. The van der Waals surface area contributed by atoms with Crippen LogP contribution in [0.4, 0.5) is 38.5 Å².